The van der Waals surface area contributed by atoms with Gasteiger partial charge >= 0.3 is 5.97 Å². The summed E-state index contributed by atoms with van der Waals surface area (Å²) in [6, 6.07) is 0. The van der Waals surface area contributed by atoms with Gasteiger partial charge in [0.05, 0.1) is 6.61 Å². The predicted octanol–water partition coefficient (Wildman–Crippen LogP) is 5.26. The van der Waals surface area contributed by atoms with Crippen molar-refractivity contribution in [1.82, 2.24) is 0 Å². The van der Waals surface area contributed by atoms with Gasteiger partial charge in [-0.15, -0.1) is 0 Å². The fraction of sp³-hybridized carbons (Fsp3) is 0.762. The fourth-order valence-corrected chi connectivity index (χ4v) is 2.61. The van der Waals surface area contributed by atoms with Crippen molar-refractivity contribution < 1.29 is 19.7 Å². The molecule has 0 aliphatic carbocycles. The zero-order valence-corrected chi connectivity index (χ0v) is 17.0. The SMILES string of the molecule is CCCCC/C=C\C/C=C\CCCCCCCC(=O)OC(Cl)C(O)CO. The maximum atomic E-state index is 11.5. The first-order valence-electron chi connectivity index (χ1n) is 10.0. The van der Waals surface area contributed by atoms with E-state index in [9.17, 15) is 9.90 Å². The highest BCUT2D eigenvalue weighted by Crippen LogP contribution is 2.11. The van der Waals surface area contributed by atoms with Gasteiger partial charge in [0.25, 0.3) is 0 Å². The van der Waals surface area contributed by atoms with Crippen LogP contribution >= 0.6 is 11.6 Å². The maximum Gasteiger partial charge on any atom is 0.307 e. The van der Waals surface area contributed by atoms with Crippen LogP contribution in [0.25, 0.3) is 0 Å². The van der Waals surface area contributed by atoms with E-state index in [1.54, 1.807) is 0 Å². The van der Waals surface area contributed by atoms with Crippen LogP contribution in [0, 0.1) is 0 Å². The second-order valence-corrected chi connectivity index (χ2v) is 7.00. The number of allylic oxidation sites excluding steroid dienone is 4. The van der Waals surface area contributed by atoms with E-state index in [0.717, 1.165) is 38.5 Å². The summed E-state index contributed by atoms with van der Waals surface area (Å²) in [4.78, 5) is 11.5. The molecule has 0 fully saturated rings. The molecule has 0 aromatic heterocycles. The molecule has 2 atom stereocenters. The first-order chi connectivity index (χ1) is 12.6. The van der Waals surface area contributed by atoms with Crippen LogP contribution in [-0.2, 0) is 9.53 Å². The third-order valence-electron chi connectivity index (χ3n) is 4.07. The summed E-state index contributed by atoms with van der Waals surface area (Å²) in [6.45, 7) is 1.70. The number of aliphatic hydroxyl groups excluding tert-OH is 2. The summed E-state index contributed by atoms with van der Waals surface area (Å²) in [7, 11) is 0. The standard InChI is InChI=1S/C21H37ClO4/c1-2-3-4-5-6-7-8-9-10-11-12-13-14-15-16-17-20(25)26-21(22)19(24)18-23/h6-7,9-10,19,21,23-24H,2-5,8,11-18H2,1H3/b7-6-,10-9-. The zero-order valence-electron chi connectivity index (χ0n) is 16.2. The van der Waals surface area contributed by atoms with Crippen molar-refractivity contribution in [2.24, 2.45) is 0 Å². The van der Waals surface area contributed by atoms with Gasteiger partial charge in [-0.05, 0) is 38.5 Å². The third-order valence-corrected chi connectivity index (χ3v) is 4.45. The summed E-state index contributed by atoms with van der Waals surface area (Å²) < 4.78 is 4.82. The number of ether oxygens (including phenoxy) is 1. The number of esters is 1. The van der Waals surface area contributed by atoms with E-state index in [-0.39, 0.29) is 0 Å². The quantitative estimate of drug-likeness (QED) is 0.154. The van der Waals surface area contributed by atoms with Crippen molar-refractivity contribution in [2.75, 3.05) is 6.61 Å². The Morgan fingerprint density at radius 1 is 0.962 bits per heavy atom. The van der Waals surface area contributed by atoms with Crippen LogP contribution in [0.15, 0.2) is 24.3 Å². The van der Waals surface area contributed by atoms with Crippen LogP contribution in [0.4, 0.5) is 0 Å². The molecular formula is C21H37ClO4. The number of carbonyl (C=O) groups is 1. The van der Waals surface area contributed by atoms with Crippen LogP contribution in [0.5, 0.6) is 0 Å². The van der Waals surface area contributed by atoms with Crippen LogP contribution in [-0.4, -0.2) is 34.5 Å². The number of unbranched alkanes of at least 4 members (excludes halogenated alkanes) is 8. The molecule has 0 aromatic carbocycles. The molecule has 0 aromatic rings. The smallest absolute Gasteiger partial charge is 0.307 e. The molecule has 0 heterocycles. The Morgan fingerprint density at radius 2 is 1.54 bits per heavy atom. The number of halogens is 1. The Labute approximate surface area is 164 Å². The van der Waals surface area contributed by atoms with Gasteiger partial charge in [-0.25, -0.2) is 0 Å². The fourth-order valence-electron chi connectivity index (χ4n) is 2.43. The van der Waals surface area contributed by atoms with Crippen LogP contribution in [0.3, 0.4) is 0 Å². The number of carbonyl (C=O) groups excluding carboxylic acids is 1. The highest BCUT2D eigenvalue weighted by molar-refractivity contribution is 6.20. The van der Waals surface area contributed by atoms with Gasteiger partial charge in [0, 0.05) is 6.42 Å². The van der Waals surface area contributed by atoms with E-state index < -0.39 is 24.2 Å². The Balaban J connectivity index is 3.40. The van der Waals surface area contributed by atoms with E-state index in [2.05, 4.69) is 31.2 Å². The highest BCUT2D eigenvalue weighted by atomic mass is 35.5. The van der Waals surface area contributed by atoms with Gasteiger partial charge < -0.3 is 14.9 Å². The summed E-state index contributed by atoms with van der Waals surface area (Å²) >= 11 is 5.63. The number of rotatable bonds is 17. The summed E-state index contributed by atoms with van der Waals surface area (Å²) in [5.41, 5.74) is -1.18. The van der Waals surface area contributed by atoms with E-state index in [0.29, 0.717) is 6.42 Å². The van der Waals surface area contributed by atoms with Crippen molar-refractivity contribution in [3.63, 3.8) is 0 Å². The predicted molar refractivity (Wildman–Crippen MR) is 108 cm³/mol. The topological polar surface area (TPSA) is 66.8 Å². The molecule has 0 spiro atoms. The molecule has 2 N–H and O–H groups in total. The molecule has 0 aliphatic rings. The normalized spacial score (nSPS) is 14.2. The average Bonchev–Trinajstić information content (AvgIpc) is 2.64. The van der Waals surface area contributed by atoms with Crippen LogP contribution in [0.2, 0.25) is 0 Å². The second kappa shape index (κ2) is 18.9. The molecular weight excluding hydrogens is 352 g/mol. The molecule has 0 saturated heterocycles. The minimum absolute atomic E-state index is 0.297. The second-order valence-electron chi connectivity index (χ2n) is 6.57. The summed E-state index contributed by atoms with van der Waals surface area (Å²) in [5.74, 6) is -0.428. The monoisotopic (exact) mass is 388 g/mol. The summed E-state index contributed by atoms with van der Waals surface area (Å²) in [5, 5.41) is 17.9. The lowest BCUT2D eigenvalue weighted by atomic mass is 10.1. The molecule has 26 heavy (non-hydrogen) atoms. The van der Waals surface area contributed by atoms with Crippen molar-refractivity contribution in [3.8, 4) is 0 Å². The molecule has 4 nitrogen and oxygen atoms in total. The van der Waals surface area contributed by atoms with Gasteiger partial charge in [-0.1, -0.05) is 74.9 Å². The Kier molecular flexibility index (Phi) is 18.3. The molecule has 0 amide bonds. The van der Waals surface area contributed by atoms with Crippen molar-refractivity contribution >= 4 is 17.6 Å². The number of hydrogen-bond acceptors (Lipinski definition) is 4. The number of alkyl halides is 1. The minimum atomic E-state index is -1.23. The van der Waals surface area contributed by atoms with Gasteiger partial charge in [0.15, 0.2) is 0 Å². The zero-order chi connectivity index (χ0) is 19.5. The molecule has 2 unspecified atom stereocenters. The summed E-state index contributed by atoms with van der Waals surface area (Å²) in [6.07, 6.45) is 20.5. The van der Waals surface area contributed by atoms with Gasteiger partial charge in [0.1, 0.15) is 6.10 Å². The maximum absolute atomic E-state index is 11.5. The van der Waals surface area contributed by atoms with E-state index in [4.69, 9.17) is 21.4 Å². The first kappa shape index (κ1) is 25.2. The molecule has 0 bridgehead atoms. The van der Waals surface area contributed by atoms with Gasteiger partial charge in [-0.3, -0.25) is 4.79 Å². The lowest BCUT2D eigenvalue weighted by Gasteiger charge is -2.15. The van der Waals surface area contributed by atoms with Crippen molar-refractivity contribution in [1.29, 1.82) is 0 Å². The molecule has 0 aliphatic heterocycles. The molecule has 5 heteroatoms. The lowest BCUT2D eigenvalue weighted by Crippen LogP contribution is -2.29. The first-order valence-corrected chi connectivity index (χ1v) is 10.5. The average molecular weight is 389 g/mol. The van der Waals surface area contributed by atoms with Crippen molar-refractivity contribution in [3.05, 3.63) is 24.3 Å². The molecule has 0 saturated carbocycles. The van der Waals surface area contributed by atoms with E-state index in [1.165, 1.54) is 32.1 Å². The largest absolute Gasteiger partial charge is 0.443 e. The Bertz CT molecular complexity index is 382. The molecule has 152 valence electrons. The lowest BCUT2D eigenvalue weighted by molar-refractivity contribution is -0.150. The van der Waals surface area contributed by atoms with Gasteiger partial charge in [0.2, 0.25) is 5.56 Å². The van der Waals surface area contributed by atoms with Crippen molar-refractivity contribution in [2.45, 2.75) is 95.6 Å². The minimum Gasteiger partial charge on any atom is -0.443 e. The third kappa shape index (κ3) is 16.6. The molecule has 0 radical (unpaired) electrons. The number of hydrogen-bond donors (Lipinski definition) is 2. The van der Waals surface area contributed by atoms with Crippen LogP contribution in [0.1, 0.15) is 84.0 Å². The Hall–Kier alpha value is -0.840. The van der Waals surface area contributed by atoms with Gasteiger partial charge in [-0.2, -0.15) is 0 Å². The number of aliphatic hydroxyl groups is 2. The van der Waals surface area contributed by atoms with E-state index >= 15 is 0 Å². The van der Waals surface area contributed by atoms with E-state index in [1.807, 2.05) is 0 Å². The molecule has 0 rings (SSSR count). The Morgan fingerprint density at radius 3 is 2.15 bits per heavy atom. The highest BCUT2D eigenvalue weighted by Gasteiger charge is 2.19. The van der Waals surface area contributed by atoms with Crippen LogP contribution < -0.4 is 0 Å².